The minimum absolute atomic E-state index is 0.142. The van der Waals surface area contributed by atoms with Crippen LogP contribution in [0, 0.1) is 16.7 Å². The topological polar surface area (TPSA) is 98.0 Å². The summed E-state index contributed by atoms with van der Waals surface area (Å²) >= 11 is 1.66. The first-order valence-electron chi connectivity index (χ1n) is 16.0. The van der Waals surface area contributed by atoms with Gasteiger partial charge in [0.25, 0.3) is 5.91 Å². The Morgan fingerprint density at radius 1 is 0.958 bits per heavy atom. The fraction of sp³-hybridized carbons (Fsp3) is 0.179. The molecule has 3 aliphatic heterocycles. The molecule has 4 atom stereocenters. The van der Waals surface area contributed by atoms with Gasteiger partial charge in [0.15, 0.2) is 5.78 Å². The van der Waals surface area contributed by atoms with Crippen molar-refractivity contribution in [3.05, 3.63) is 138 Å². The number of rotatable bonds is 5. The molecule has 9 rings (SSSR count). The number of nitriles is 1. The van der Waals surface area contributed by atoms with Crippen LogP contribution in [0.15, 0.2) is 122 Å². The summed E-state index contributed by atoms with van der Waals surface area (Å²) in [4.78, 5) is 37.9. The highest BCUT2D eigenvalue weighted by molar-refractivity contribution is 7.99. The number of aromatic amines is 1. The summed E-state index contributed by atoms with van der Waals surface area (Å²) in [5.74, 6) is -0.280. The van der Waals surface area contributed by atoms with Crippen LogP contribution in [0.2, 0.25) is 0 Å². The second-order valence-electron chi connectivity index (χ2n) is 12.7. The number of hydrogen-bond acceptors (Lipinski definition) is 6. The standard InChI is InChI=1S/C39H30N6O2S/c1-43-32-19-11-9-17-30(32)39(37(43)47)35(29-21-45(26-14-6-3-7-15-26)42-34(29)25-12-4-2-5-13-25)38(23-40,33-22-48-24-44(33)39)36(46)28-20-41-31-18-10-8-16-27(28)31/h2-21,33,35,41H,22,24H2,1H3/t33?,35-,38+,39+/m1/s1. The number of fused-ring (bicyclic) bond motifs is 5. The second kappa shape index (κ2) is 10.5. The number of ketones is 1. The molecule has 0 aliphatic carbocycles. The van der Waals surface area contributed by atoms with E-state index in [1.165, 1.54) is 0 Å². The van der Waals surface area contributed by atoms with Gasteiger partial charge in [0, 0.05) is 81.9 Å². The monoisotopic (exact) mass is 646 g/mol. The quantitative estimate of drug-likeness (QED) is 0.208. The average Bonchev–Trinajstić information content (AvgIpc) is 3.96. The lowest BCUT2D eigenvalue weighted by molar-refractivity contribution is -0.128. The maximum atomic E-state index is 15.5. The number of para-hydroxylation sites is 3. The summed E-state index contributed by atoms with van der Waals surface area (Å²) in [7, 11) is 1.80. The molecule has 5 heterocycles. The van der Waals surface area contributed by atoms with E-state index < -0.39 is 22.9 Å². The number of thioether (sulfide) groups is 1. The van der Waals surface area contributed by atoms with Crippen molar-refractivity contribution in [1.82, 2.24) is 19.7 Å². The molecule has 1 amide bonds. The third kappa shape index (κ3) is 3.61. The Kier molecular flexibility index (Phi) is 6.32. The molecule has 1 N–H and O–H groups in total. The van der Waals surface area contributed by atoms with Gasteiger partial charge in [-0.05, 0) is 24.3 Å². The number of carbonyl (C=O) groups excluding carboxylic acids is 2. The van der Waals surface area contributed by atoms with Crippen molar-refractivity contribution >= 4 is 40.0 Å². The molecular weight excluding hydrogens is 617 g/mol. The third-order valence-electron chi connectivity index (χ3n) is 10.6. The molecule has 0 saturated carbocycles. The Morgan fingerprint density at radius 3 is 2.46 bits per heavy atom. The Hall–Kier alpha value is -5.43. The van der Waals surface area contributed by atoms with Crippen molar-refractivity contribution in [3.8, 4) is 23.0 Å². The summed E-state index contributed by atoms with van der Waals surface area (Å²) in [6.07, 6.45) is 3.67. The van der Waals surface area contributed by atoms with Crippen LogP contribution in [0.1, 0.15) is 27.4 Å². The highest BCUT2D eigenvalue weighted by atomic mass is 32.2. The lowest BCUT2D eigenvalue weighted by Gasteiger charge is -2.38. The summed E-state index contributed by atoms with van der Waals surface area (Å²) in [5.41, 5.74) is 2.92. The predicted molar refractivity (Wildman–Crippen MR) is 187 cm³/mol. The number of nitrogens with one attached hydrogen (secondary N) is 1. The molecule has 3 aliphatic rings. The first kappa shape index (κ1) is 28.8. The van der Waals surface area contributed by atoms with Crippen LogP contribution in [-0.2, 0) is 10.3 Å². The van der Waals surface area contributed by atoms with E-state index in [4.69, 9.17) is 5.10 Å². The zero-order valence-corrected chi connectivity index (χ0v) is 26.9. The Bertz CT molecular complexity index is 2290. The van der Waals surface area contributed by atoms with Crippen LogP contribution in [0.4, 0.5) is 5.69 Å². The fourth-order valence-corrected chi connectivity index (χ4v) is 9.89. The number of carbonyl (C=O) groups is 2. The Labute approximate surface area is 281 Å². The molecule has 6 aromatic rings. The summed E-state index contributed by atoms with van der Waals surface area (Å²) in [6.45, 7) is 0. The van der Waals surface area contributed by atoms with E-state index in [1.807, 2.05) is 120 Å². The number of aromatic nitrogens is 3. The first-order chi connectivity index (χ1) is 23.5. The zero-order chi connectivity index (χ0) is 32.6. The molecule has 48 heavy (non-hydrogen) atoms. The fourth-order valence-electron chi connectivity index (χ4n) is 8.54. The first-order valence-corrected chi connectivity index (χ1v) is 17.1. The summed E-state index contributed by atoms with van der Waals surface area (Å²) in [5, 5.41) is 17.6. The highest BCUT2D eigenvalue weighted by Crippen LogP contribution is 2.68. The van der Waals surface area contributed by atoms with Crippen LogP contribution in [0.3, 0.4) is 0 Å². The van der Waals surface area contributed by atoms with Gasteiger partial charge < -0.3 is 9.88 Å². The zero-order valence-electron chi connectivity index (χ0n) is 26.1. The molecule has 0 radical (unpaired) electrons. The molecule has 1 spiro atoms. The van der Waals surface area contributed by atoms with Gasteiger partial charge in [0.1, 0.15) is 11.0 Å². The lowest BCUT2D eigenvalue weighted by Crippen LogP contribution is -2.52. The van der Waals surface area contributed by atoms with Gasteiger partial charge in [-0.15, -0.1) is 11.8 Å². The number of anilines is 1. The predicted octanol–water partition coefficient (Wildman–Crippen LogP) is 6.76. The molecule has 9 heteroatoms. The molecule has 234 valence electrons. The van der Waals surface area contributed by atoms with E-state index in [0.29, 0.717) is 28.5 Å². The number of nitrogens with zero attached hydrogens (tertiary/aromatic N) is 5. The van der Waals surface area contributed by atoms with Crippen LogP contribution in [0.25, 0.3) is 27.8 Å². The van der Waals surface area contributed by atoms with Crippen molar-refractivity contribution in [1.29, 1.82) is 5.26 Å². The van der Waals surface area contributed by atoms with Gasteiger partial charge in [0.2, 0.25) is 0 Å². The molecular formula is C39H30N6O2S. The molecule has 2 saturated heterocycles. The van der Waals surface area contributed by atoms with Crippen LogP contribution in [-0.4, -0.2) is 56.1 Å². The maximum absolute atomic E-state index is 15.5. The van der Waals surface area contributed by atoms with E-state index in [1.54, 1.807) is 29.9 Å². The van der Waals surface area contributed by atoms with Gasteiger partial charge >= 0.3 is 0 Å². The number of hydrogen-bond donors (Lipinski definition) is 1. The number of amides is 1. The molecule has 8 nitrogen and oxygen atoms in total. The highest BCUT2D eigenvalue weighted by Gasteiger charge is 2.77. The van der Waals surface area contributed by atoms with E-state index in [0.717, 1.165) is 33.4 Å². The molecule has 2 aromatic heterocycles. The van der Waals surface area contributed by atoms with E-state index >= 15 is 9.59 Å². The third-order valence-corrected chi connectivity index (χ3v) is 11.6. The number of benzene rings is 4. The van der Waals surface area contributed by atoms with Crippen LogP contribution < -0.4 is 4.90 Å². The number of H-pyrrole nitrogens is 1. The molecule has 1 unspecified atom stereocenters. The minimum Gasteiger partial charge on any atom is -0.360 e. The van der Waals surface area contributed by atoms with Crippen molar-refractivity contribution in [2.75, 3.05) is 23.6 Å². The molecule has 0 bridgehead atoms. The maximum Gasteiger partial charge on any atom is 0.252 e. The van der Waals surface area contributed by atoms with Crippen LogP contribution >= 0.6 is 11.8 Å². The van der Waals surface area contributed by atoms with Crippen LogP contribution in [0.5, 0.6) is 0 Å². The molecule has 2 fully saturated rings. The summed E-state index contributed by atoms with van der Waals surface area (Å²) < 4.78 is 1.82. The minimum atomic E-state index is -1.64. The molecule has 4 aromatic carbocycles. The van der Waals surface area contributed by atoms with Crippen molar-refractivity contribution in [2.45, 2.75) is 17.5 Å². The van der Waals surface area contributed by atoms with Gasteiger partial charge in [0.05, 0.1) is 17.5 Å². The van der Waals surface area contributed by atoms with Crippen molar-refractivity contribution in [3.63, 3.8) is 0 Å². The Morgan fingerprint density at radius 2 is 1.67 bits per heavy atom. The van der Waals surface area contributed by atoms with Gasteiger partial charge in [-0.2, -0.15) is 10.4 Å². The van der Waals surface area contributed by atoms with E-state index in [2.05, 4.69) is 16.0 Å². The summed E-state index contributed by atoms with van der Waals surface area (Å²) in [6, 6.07) is 37.3. The number of Topliss-reactive ketones (excluding diaryl/α,β-unsaturated/α-hetero) is 1. The van der Waals surface area contributed by atoms with Gasteiger partial charge in [-0.3, -0.25) is 14.5 Å². The second-order valence-corrected chi connectivity index (χ2v) is 13.7. The number of likely N-dealkylation sites (N-methyl/N-ethyl adjacent to an activating group) is 1. The largest absolute Gasteiger partial charge is 0.360 e. The van der Waals surface area contributed by atoms with Gasteiger partial charge in [-0.25, -0.2) is 4.68 Å². The normalized spacial score (nSPS) is 24.7. The lowest BCUT2D eigenvalue weighted by atomic mass is 9.60. The average molecular weight is 647 g/mol. The van der Waals surface area contributed by atoms with Gasteiger partial charge in [-0.1, -0.05) is 84.9 Å². The Balaban J connectivity index is 1.41. The SMILES string of the molecule is CN1C(=O)[C@]2(c3ccccc31)[C@H](c1cn(-c3ccccc3)nc1-c1ccccc1)[C@@](C#N)(C(=O)c1c[nH]c3ccccc13)C1CSCN12. The van der Waals surface area contributed by atoms with Crippen molar-refractivity contribution in [2.24, 2.45) is 5.41 Å². The van der Waals surface area contributed by atoms with Crippen molar-refractivity contribution < 1.29 is 9.59 Å². The van der Waals surface area contributed by atoms with E-state index in [9.17, 15) is 5.26 Å². The van der Waals surface area contributed by atoms with E-state index in [-0.39, 0.29) is 11.7 Å². The smallest absolute Gasteiger partial charge is 0.252 e.